The largest absolute Gasteiger partial charge is 0.368 e. The summed E-state index contributed by atoms with van der Waals surface area (Å²) in [6.07, 6.45) is 2.27. The molecule has 7 nitrogen and oxygen atoms in total. The van der Waals surface area contributed by atoms with Gasteiger partial charge in [-0.2, -0.15) is 0 Å². The number of hydrogen-bond acceptors (Lipinski definition) is 5. The number of carbonyl (C=O) groups excluding carboxylic acids is 2. The van der Waals surface area contributed by atoms with E-state index in [-0.39, 0.29) is 12.3 Å². The van der Waals surface area contributed by atoms with Gasteiger partial charge in [-0.05, 0) is 48.7 Å². The fourth-order valence-electron chi connectivity index (χ4n) is 2.04. The summed E-state index contributed by atoms with van der Waals surface area (Å²) in [7, 11) is 1.56. The van der Waals surface area contributed by atoms with Crippen molar-refractivity contribution in [2.75, 3.05) is 13.6 Å². The molecule has 0 saturated carbocycles. The van der Waals surface area contributed by atoms with Crippen LogP contribution in [0.1, 0.15) is 24.8 Å². The van der Waals surface area contributed by atoms with Crippen LogP contribution in [0, 0.1) is 4.91 Å². The fourth-order valence-corrected chi connectivity index (χ4v) is 2.04. The monoisotopic (exact) mass is 306 g/mol. The third-order valence-corrected chi connectivity index (χ3v) is 3.36. The Hall–Kier alpha value is -2.28. The first-order chi connectivity index (χ1) is 10.6. The molecule has 1 aromatic rings. The minimum absolute atomic E-state index is 0.114. The van der Waals surface area contributed by atoms with E-state index in [1.165, 1.54) is 0 Å². The number of rotatable bonds is 10. The number of aryl methyl sites for hydroxylation is 1. The summed E-state index contributed by atoms with van der Waals surface area (Å²) in [5.41, 5.74) is 6.82. The average molecular weight is 306 g/mol. The van der Waals surface area contributed by atoms with Gasteiger partial charge in [-0.25, -0.2) is 0 Å². The van der Waals surface area contributed by atoms with E-state index in [2.05, 4.69) is 15.8 Å². The Kier molecular flexibility index (Phi) is 7.77. The molecule has 1 atom stereocenters. The highest BCUT2D eigenvalue weighted by Crippen LogP contribution is 2.13. The first-order valence-electron chi connectivity index (χ1n) is 7.22. The maximum Gasteiger partial charge on any atom is 0.234 e. The molecule has 2 amide bonds. The van der Waals surface area contributed by atoms with Crippen LogP contribution < -0.4 is 16.4 Å². The minimum atomic E-state index is -0.501. The molecule has 1 aromatic carbocycles. The van der Waals surface area contributed by atoms with Crippen LogP contribution in [0.5, 0.6) is 0 Å². The van der Waals surface area contributed by atoms with Gasteiger partial charge in [0.25, 0.3) is 0 Å². The van der Waals surface area contributed by atoms with Gasteiger partial charge >= 0.3 is 0 Å². The number of primary amides is 1. The molecule has 7 heteroatoms. The molecule has 0 aliphatic rings. The molecule has 0 radical (unpaired) electrons. The highest BCUT2D eigenvalue weighted by atomic mass is 16.3. The predicted octanol–water partition coefficient (Wildman–Crippen LogP) is 0.987. The molecule has 22 heavy (non-hydrogen) atoms. The molecule has 0 heterocycles. The molecule has 1 rings (SSSR count). The van der Waals surface area contributed by atoms with Crippen molar-refractivity contribution in [3.8, 4) is 0 Å². The molecular weight excluding hydrogens is 284 g/mol. The number of nitrogens with zero attached hydrogens (tertiary/aromatic N) is 1. The van der Waals surface area contributed by atoms with Crippen LogP contribution >= 0.6 is 0 Å². The van der Waals surface area contributed by atoms with Gasteiger partial charge in [0.15, 0.2) is 0 Å². The first-order valence-corrected chi connectivity index (χ1v) is 7.22. The minimum Gasteiger partial charge on any atom is -0.368 e. The van der Waals surface area contributed by atoms with Crippen LogP contribution in [-0.2, 0) is 16.0 Å². The van der Waals surface area contributed by atoms with Crippen molar-refractivity contribution < 1.29 is 9.59 Å². The van der Waals surface area contributed by atoms with E-state index in [0.29, 0.717) is 18.7 Å². The van der Waals surface area contributed by atoms with Gasteiger partial charge in [0.2, 0.25) is 11.8 Å². The van der Waals surface area contributed by atoms with Crippen molar-refractivity contribution in [3.63, 3.8) is 0 Å². The SMILES string of the molecule is CNC(=O)CCC(NCCCc1ccc(N=O)cc1)C(N)=O. The summed E-state index contributed by atoms with van der Waals surface area (Å²) in [6.45, 7) is 0.620. The van der Waals surface area contributed by atoms with E-state index >= 15 is 0 Å². The van der Waals surface area contributed by atoms with Gasteiger partial charge in [-0.15, -0.1) is 4.91 Å². The van der Waals surface area contributed by atoms with Crippen LogP contribution in [0.3, 0.4) is 0 Å². The van der Waals surface area contributed by atoms with Gasteiger partial charge in [0.05, 0.1) is 6.04 Å². The maximum absolute atomic E-state index is 11.3. The lowest BCUT2D eigenvalue weighted by atomic mass is 10.1. The maximum atomic E-state index is 11.3. The third kappa shape index (κ3) is 6.45. The van der Waals surface area contributed by atoms with Crippen molar-refractivity contribution in [2.45, 2.75) is 31.7 Å². The molecule has 4 N–H and O–H groups in total. The summed E-state index contributed by atoms with van der Waals surface area (Å²) in [5, 5.41) is 8.42. The number of amides is 2. The van der Waals surface area contributed by atoms with Crippen molar-refractivity contribution in [1.29, 1.82) is 0 Å². The topological polar surface area (TPSA) is 114 Å². The average Bonchev–Trinajstić information content (AvgIpc) is 2.53. The summed E-state index contributed by atoms with van der Waals surface area (Å²) in [6, 6.07) is 6.55. The lowest BCUT2D eigenvalue weighted by Crippen LogP contribution is -2.42. The fraction of sp³-hybridized carbons (Fsp3) is 0.467. The lowest BCUT2D eigenvalue weighted by Gasteiger charge is -2.14. The molecular formula is C15H22N4O3. The summed E-state index contributed by atoms with van der Waals surface area (Å²) >= 11 is 0. The number of carbonyl (C=O) groups is 2. The molecule has 0 spiro atoms. The zero-order chi connectivity index (χ0) is 16.4. The quantitative estimate of drug-likeness (QED) is 0.441. The van der Waals surface area contributed by atoms with E-state index in [9.17, 15) is 14.5 Å². The van der Waals surface area contributed by atoms with Crippen LogP contribution in [0.4, 0.5) is 5.69 Å². The molecule has 0 aromatic heterocycles. The summed E-state index contributed by atoms with van der Waals surface area (Å²) < 4.78 is 0. The van der Waals surface area contributed by atoms with Crippen LogP contribution in [0.2, 0.25) is 0 Å². The Morgan fingerprint density at radius 2 is 1.95 bits per heavy atom. The van der Waals surface area contributed by atoms with Crippen molar-refractivity contribution in [2.24, 2.45) is 10.9 Å². The van der Waals surface area contributed by atoms with E-state index in [0.717, 1.165) is 18.4 Å². The van der Waals surface area contributed by atoms with Gasteiger partial charge in [0.1, 0.15) is 5.69 Å². The van der Waals surface area contributed by atoms with E-state index in [1.54, 1.807) is 19.2 Å². The lowest BCUT2D eigenvalue weighted by molar-refractivity contribution is -0.122. The second-order valence-corrected chi connectivity index (χ2v) is 4.98. The Balaban J connectivity index is 2.31. The second kappa shape index (κ2) is 9.62. The molecule has 0 aliphatic heterocycles. The number of nitrogens with two attached hydrogens (primary N) is 1. The van der Waals surface area contributed by atoms with E-state index < -0.39 is 11.9 Å². The van der Waals surface area contributed by atoms with Crippen LogP contribution in [-0.4, -0.2) is 31.4 Å². The smallest absolute Gasteiger partial charge is 0.234 e. The Bertz CT molecular complexity index is 502. The molecule has 0 fully saturated rings. The number of nitroso groups, excluding NO2 is 1. The van der Waals surface area contributed by atoms with Crippen molar-refractivity contribution >= 4 is 17.5 Å². The molecule has 1 unspecified atom stereocenters. The normalized spacial score (nSPS) is 11.7. The van der Waals surface area contributed by atoms with Crippen molar-refractivity contribution in [3.05, 3.63) is 34.7 Å². The highest BCUT2D eigenvalue weighted by molar-refractivity contribution is 5.81. The molecule has 0 aliphatic carbocycles. The molecule has 0 saturated heterocycles. The van der Waals surface area contributed by atoms with Crippen molar-refractivity contribution in [1.82, 2.24) is 10.6 Å². The Morgan fingerprint density at radius 1 is 1.27 bits per heavy atom. The van der Waals surface area contributed by atoms with Gasteiger partial charge < -0.3 is 16.4 Å². The second-order valence-electron chi connectivity index (χ2n) is 4.98. The van der Waals surface area contributed by atoms with Gasteiger partial charge in [-0.3, -0.25) is 9.59 Å². The zero-order valence-corrected chi connectivity index (χ0v) is 12.7. The standard InChI is InChI=1S/C15H22N4O3/c1-17-14(20)9-8-13(15(16)21)18-10-2-3-11-4-6-12(19-22)7-5-11/h4-7,13,18H,2-3,8-10H2,1H3,(H2,16,21)(H,17,20). The Morgan fingerprint density at radius 3 is 2.50 bits per heavy atom. The molecule has 120 valence electrons. The summed E-state index contributed by atoms with van der Waals surface area (Å²) in [5.74, 6) is -0.567. The van der Waals surface area contributed by atoms with Gasteiger partial charge in [-0.1, -0.05) is 12.1 Å². The third-order valence-electron chi connectivity index (χ3n) is 3.36. The number of hydrogen-bond donors (Lipinski definition) is 3. The van der Waals surface area contributed by atoms with Gasteiger partial charge in [0, 0.05) is 13.5 Å². The van der Waals surface area contributed by atoms with Crippen LogP contribution in [0.25, 0.3) is 0 Å². The van der Waals surface area contributed by atoms with E-state index in [4.69, 9.17) is 5.73 Å². The number of benzene rings is 1. The van der Waals surface area contributed by atoms with E-state index in [1.807, 2.05) is 12.1 Å². The highest BCUT2D eigenvalue weighted by Gasteiger charge is 2.15. The molecule has 0 bridgehead atoms. The number of nitrogens with one attached hydrogen (secondary N) is 2. The Labute approximate surface area is 129 Å². The summed E-state index contributed by atoms with van der Waals surface area (Å²) in [4.78, 5) is 32.8. The zero-order valence-electron chi connectivity index (χ0n) is 12.7. The first kappa shape index (κ1) is 17.8. The van der Waals surface area contributed by atoms with Crippen LogP contribution in [0.15, 0.2) is 29.4 Å². The predicted molar refractivity (Wildman–Crippen MR) is 84.5 cm³/mol.